The average Bonchev–Trinajstić information content (AvgIpc) is 3.38. The minimum atomic E-state index is 0.632. The second-order valence-corrected chi connectivity index (χ2v) is 7.37. The van der Waals surface area contributed by atoms with Crippen LogP contribution in [-0.4, -0.2) is 36.5 Å². The van der Waals surface area contributed by atoms with Gasteiger partial charge in [0.2, 0.25) is 0 Å². The second kappa shape index (κ2) is 8.52. The van der Waals surface area contributed by atoms with Gasteiger partial charge in [-0.2, -0.15) is 0 Å². The quantitative estimate of drug-likeness (QED) is 0.622. The van der Waals surface area contributed by atoms with E-state index in [1.165, 1.54) is 49.9 Å². The first-order valence-corrected chi connectivity index (χ1v) is 9.58. The SMILES string of the molecule is CCNC(=NCc1ccccc1CN1CCCC(C)C1)NC1CC1. The van der Waals surface area contributed by atoms with Crippen molar-refractivity contribution in [3.05, 3.63) is 35.4 Å². The molecule has 1 heterocycles. The van der Waals surface area contributed by atoms with Gasteiger partial charge in [-0.25, -0.2) is 4.99 Å². The van der Waals surface area contributed by atoms with Crippen LogP contribution in [0.4, 0.5) is 0 Å². The standard InChI is InChI=1S/C20H32N4/c1-3-21-20(23-19-10-11-19)22-13-17-8-4-5-9-18(17)15-24-12-6-7-16(2)14-24/h4-5,8-9,16,19H,3,6-7,10-15H2,1-2H3,(H2,21,22,23). The Morgan fingerprint density at radius 2 is 2.00 bits per heavy atom. The van der Waals surface area contributed by atoms with Gasteiger partial charge in [-0.1, -0.05) is 31.2 Å². The van der Waals surface area contributed by atoms with Crippen molar-refractivity contribution in [1.82, 2.24) is 15.5 Å². The highest BCUT2D eigenvalue weighted by molar-refractivity contribution is 5.80. The smallest absolute Gasteiger partial charge is 0.191 e. The summed E-state index contributed by atoms with van der Waals surface area (Å²) in [6, 6.07) is 9.42. The number of hydrogen-bond acceptors (Lipinski definition) is 2. The maximum atomic E-state index is 4.81. The highest BCUT2D eigenvalue weighted by Crippen LogP contribution is 2.20. The molecular formula is C20H32N4. The van der Waals surface area contributed by atoms with Crippen molar-refractivity contribution in [3.63, 3.8) is 0 Å². The minimum Gasteiger partial charge on any atom is -0.357 e. The topological polar surface area (TPSA) is 39.7 Å². The molecule has 4 nitrogen and oxygen atoms in total. The molecule has 4 heteroatoms. The number of likely N-dealkylation sites (tertiary alicyclic amines) is 1. The summed E-state index contributed by atoms with van der Waals surface area (Å²) in [6.07, 6.45) is 5.25. The maximum Gasteiger partial charge on any atom is 0.191 e. The van der Waals surface area contributed by atoms with Gasteiger partial charge in [-0.3, -0.25) is 4.90 Å². The maximum absolute atomic E-state index is 4.81. The number of hydrogen-bond donors (Lipinski definition) is 2. The predicted octanol–water partition coefficient (Wildman–Crippen LogP) is 3.14. The molecule has 2 aliphatic rings. The van der Waals surface area contributed by atoms with Crippen molar-refractivity contribution in [1.29, 1.82) is 0 Å². The molecule has 1 atom stereocenters. The Labute approximate surface area is 146 Å². The zero-order valence-electron chi connectivity index (χ0n) is 15.2. The summed E-state index contributed by atoms with van der Waals surface area (Å²) in [5.74, 6) is 1.79. The van der Waals surface area contributed by atoms with Crippen LogP contribution in [0.2, 0.25) is 0 Å². The van der Waals surface area contributed by atoms with Gasteiger partial charge in [0.1, 0.15) is 0 Å². The molecule has 3 rings (SSSR count). The molecule has 0 aromatic heterocycles. The lowest BCUT2D eigenvalue weighted by Gasteiger charge is -2.31. The van der Waals surface area contributed by atoms with E-state index in [2.05, 4.69) is 53.6 Å². The Bertz CT molecular complexity index is 550. The van der Waals surface area contributed by atoms with Gasteiger partial charge >= 0.3 is 0 Å². The predicted molar refractivity (Wildman–Crippen MR) is 101 cm³/mol. The monoisotopic (exact) mass is 328 g/mol. The van der Waals surface area contributed by atoms with E-state index in [9.17, 15) is 0 Å². The summed E-state index contributed by atoms with van der Waals surface area (Å²) < 4.78 is 0. The Kier molecular flexibility index (Phi) is 6.13. The van der Waals surface area contributed by atoms with Crippen molar-refractivity contribution in [2.24, 2.45) is 10.9 Å². The first-order chi connectivity index (χ1) is 11.7. The van der Waals surface area contributed by atoms with E-state index in [1.807, 2.05) is 0 Å². The van der Waals surface area contributed by atoms with Crippen molar-refractivity contribution < 1.29 is 0 Å². The number of benzene rings is 1. The summed E-state index contributed by atoms with van der Waals surface area (Å²) in [5, 5.41) is 6.86. The van der Waals surface area contributed by atoms with Crippen LogP contribution in [0.25, 0.3) is 0 Å². The molecule has 1 saturated carbocycles. The molecule has 1 saturated heterocycles. The van der Waals surface area contributed by atoms with E-state index >= 15 is 0 Å². The second-order valence-electron chi connectivity index (χ2n) is 7.37. The van der Waals surface area contributed by atoms with E-state index in [-0.39, 0.29) is 0 Å². The fourth-order valence-corrected chi connectivity index (χ4v) is 3.44. The molecule has 1 aromatic carbocycles. The molecule has 24 heavy (non-hydrogen) atoms. The van der Waals surface area contributed by atoms with Crippen molar-refractivity contribution in [2.45, 2.75) is 58.7 Å². The molecule has 0 amide bonds. The van der Waals surface area contributed by atoms with Gasteiger partial charge in [-0.15, -0.1) is 0 Å². The van der Waals surface area contributed by atoms with E-state index < -0.39 is 0 Å². The molecule has 1 aliphatic carbocycles. The summed E-state index contributed by atoms with van der Waals surface area (Å²) in [7, 11) is 0. The van der Waals surface area contributed by atoms with Gasteiger partial charge in [0.15, 0.2) is 5.96 Å². The summed E-state index contributed by atoms with van der Waals surface area (Å²) in [5.41, 5.74) is 2.78. The first-order valence-electron chi connectivity index (χ1n) is 9.58. The van der Waals surface area contributed by atoms with E-state index in [1.54, 1.807) is 0 Å². The lowest BCUT2D eigenvalue weighted by atomic mass is 9.99. The van der Waals surface area contributed by atoms with Crippen LogP contribution in [0.1, 0.15) is 50.7 Å². The molecule has 2 fully saturated rings. The summed E-state index contributed by atoms with van der Waals surface area (Å²) >= 11 is 0. The molecule has 0 bridgehead atoms. The molecule has 1 aromatic rings. The third-order valence-corrected chi connectivity index (χ3v) is 4.92. The normalized spacial score (nSPS) is 22.4. The fraction of sp³-hybridized carbons (Fsp3) is 0.650. The zero-order valence-corrected chi connectivity index (χ0v) is 15.2. The molecule has 0 spiro atoms. The third kappa shape index (κ3) is 5.23. The van der Waals surface area contributed by atoms with Gasteiger partial charge in [0, 0.05) is 25.7 Å². The van der Waals surface area contributed by atoms with Gasteiger partial charge in [0.05, 0.1) is 6.54 Å². The van der Waals surface area contributed by atoms with E-state index in [4.69, 9.17) is 4.99 Å². The largest absolute Gasteiger partial charge is 0.357 e. The van der Waals surface area contributed by atoms with Gasteiger partial charge in [-0.05, 0) is 56.2 Å². The van der Waals surface area contributed by atoms with Gasteiger partial charge < -0.3 is 10.6 Å². The lowest BCUT2D eigenvalue weighted by Crippen LogP contribution is -2.38. The zero-order chi connectivity index (χ0) is 16.8. The number of nitrogens with one attached hydrogen (secondary N) is 2. The number of nitrogens with zero attached hydrogens (tertiary/aromatic N) is 2. The van der Waals surface area contributed by atoms with Crippen LogP contribution >= 0.6 is 0 Å². The molecule has 1 unspecified atom stereocenters. The van der Waals surface area contributed by atoms with Gasteiger partial charge in [0.25, 0.3) is 0 Å². The fourth-order valence-electron chi connectivity index (χ4n) is 3.44. The number of rotatable bonds is 6. The summed E-state index contributed by atoms with van der Waals surface area (Å²) in [6.45, 7) is 9.66. The van der Waals surface area contributed by atoms with Crippen molar-refractivity contribution in [3.8, 4) is 0 Å². The van der Waals surface area contributed by atoms with Crippen LogP contribution < -0.4 is 10.6 Å². The Morgan fingerprint density at radius 3 is 2.71 bits per heavy atom. The lowest BCUT2D eigenvalue weighted by molar-refractivity contribution is 0.176. The molecular weight excluding hydrogens is 296 g/mol. The Balaban J connectivity index is 1.64. The van der Waals surface area contributed by atoms with Crippen LogP contribution in [-0.2, 0) is 13.1 Å². The van der Waals surface area contributed by atoms with Crippen molar-refractivity contribution >= 4 is 5.96 Å². The Hall–Kier alpha value is -1.55. The first kappa shape index (κ1) is 17.3. The van der Waals surface area contributed by atoms with Crippen LogP contribution in [0, 0.1) is 5.92 Å². The third-order valence-electron chi connectivity index (χ3n) is 4.92. The molecule has 132 valence electrons. The molecule has 0 radical (unpaired) electrons. The molecule has 2 N–H and O–H groups in total. The molecule has 1 aliphatic heterocycles. The Morgan fingerprint density at radius 1 is 1.21 bits per heavy atom. The van der Waals surface area contributed by atoms with Crippen LogP contribution in [0.15, 0.2) is 29.3 Å². The van der Waals surface area contributed by atoms with Crippen LogP contribution in [0.3, 0.4) is 0 Å². The average molecular weight is 329 g/mol. The van der Waals surface area contributed by atoms with Crippen molar-refractivity contribution in [2.75, 3.05) is 19.6 Å². The van der Waals surface area contributed by atoms with Crippen LogP contribution in [0.5, 0.6) is 0 Å². The number of piperidine rings is 1. The summed E-state index contributed by atoms with van der Waals surface area (Å²) in [4.78, 5) is 7.41. The van der Waals surface area contributed by atoms with E-state index in [0.29, 0.717) is 6.04 Å². The minimum absolute atomic E-state index is 0.632. The number of aliphatic imine (C=N–C) groups is 1. The number of guanidine groups is 1. The highest BCUT2D eigenvalue weighted by atomic mass is 15.2. The highest BCUT2D eigenvalue weighted by Gasteiger charge is 2.22. The van der Waals surface area contributed by atoms with E-state index in [0.717, 1.165) is 31.5 Å².